The molecule has 0 saturated heterocycles. The summed E-state index contributed by atoms with van der Waals surface area (Å²) in [4.78, 5) is 34.1. The van der Waals surface area contributed by atoms with E-state index < -0.39 is 4.92 Å². The van der Waals surface area contributed by atoms with Gasteiger partial charge in [-0.05, 0) is 42.1 Å². The van der Waals surface area contributed by atoms with Crippen LogP contribution in [0.3, 0.4) is 0 Å². The van der Waals surface area contributed by atoms with E-state index >= 15 is 0 Å². The second-order valence-electron chi connectivity index (χ2n) is 5.05. The number of hydrogen-bond acceptors (Lipinski definition) is 4. The first-order chi connectivity index (χ1) is 9.41. The number of halogens is 1. The summed E-state index contributed by atoms with van der Waals surface area (Å²) in [6.45, 7) is 1.86. The minimum atomic E-state index is -0.503. The molecule has 0 bridgehead atoms. The van der Waals surface area contributed by atoms with Crippen molar-refractivity contribution in [2.24, 2.45) is 5.92 Å². The number of aryl methyl sites for hydroxylation is 1. The van der Waals surface area contributed by atoms with Crippen molar-refractivity contribution >= 4 is 27.4 Å². The largest absolute Gasteiger partial charge is 0.308 e. The van der Waals surface area contributed by atoms with Crippen LogP contribution >= 0.6 is 15.9 Å². The molecule has 0 N–H and O–H groups in total. The smallest absolute Gasteiger partial charge is 0.289 e. The molecule has 0 aromatic carbocycles. The van der Waals surface area contributed by atoms with E-state index in [0.717, 1.165) is 12.8 Å². The second kappa shape index (κ2) is 5.87. The van der Waals surface area contributed by atoms with Crippen LogP contribution in [0.15, 0.2) is 15.5 Å². The molecule has 0 spiro atoms. The molecule has 1 aromatic heterocycles. The van der Waals surface area contributed by atoms with Crippen molar-refractivity contribution in [2.75, 3.05) is 0 Å². The molecule has 20 heavy (non-hydrogen) atoms. The van der Waals surface area contributed by atoms with Crippen LogP contribution in [0.5, 0.6) is 0 Å². The fourth-order valence-electron chi connectivity index (χ4n) is 2.54. The molecule has 1 aromatic rings. The molecule has 1 saturated carbocycles. The number of Topliss-reactive ketones (excluding diaryl/α,β-unsaturated/α-hetero) is 1. The van der Waals surface area contributed by atoms with Gasteiger partial charge in [0.15, 0.2) is 0 Å². The van der Waals surface area contributed by atoms with Gasteiger partial charge in [0.2, 0.25) is 0 Å². The van der Waals surface area contributed by atoms with E-state index in [2.05, 4.69) is 15.9 Å². The molecular weight excluding hydrogens is 328 g/mol. The van der Waals surface area contributed by atoms with Crippen molar-refractivity contribution in [1.82, 2.24) is 4.57 Å². The fourth-order valence-corrected chi connectivity index (χ4v) is 2.97. The van der Waals surface area contributed by atoms with E-state index in [9.17, 15) is 19.7 Å². The molecule has 1 aliphatic rings. The minimum Gasteiger partial charge on any atom is -0.308 e. The average Bonchev–Trinajstić information content (AvgIpc) is 2.80. The highest BCUT2D eigenvalue weighted by molar-refractivity contribution is 9.10. The zero-order chi connectivity index (χ0) is 14.9. The van der Waals surface area contributed by atoms with Gasteiger partial charge in [-0.3, -0.25) is 19.7 Å². The molecule has 6 nitrogen and oxygen atoms in total. The summed E-state index contributed by atoms with van der Waals surface area (Å²) in [6.07, 6.45) is 4.18. The zero-order valence-corrected chi connectivity index (χ0v) is 12.7. The van der Waals surface area contributed by atoms with E-state index in [1.807, 2.05) is 0 Å². The highest BCUT2D eigenvalue weighted by atomic mass is 79.9. The standard InChI is InChI=1S/C13H15BrN2O4/c1-8-10(16(19)20)7-15(13(18)12(8)14)6-5-9-3-2-4-11(9)17/h7,9H,2-6H2,1H3. The van der Waals surface area contributed by atoms with Crippen LogP contribution in [0.2, 0.25) is 0 Å². The van der Waals surface area contributed by atoms with E-state index in [-0.39, 0.29) is 27.4 Å². The first-order valence-electron chi connectivity index (χ1n) is 6.48. The Morgan fingerprint density at radius 3 is 2.75 bits per heavy atom. The van der Waals surface area contributed by atoms with Crippen molar-refractivity contribution in [3.05, 3.63) is 36.7 Å². The molecule has 1 heterocycles. The van der Waals surface area contributed by atoms with Crippen LogP contribution in [0.4, 0.5) is 5.69 Å². The molecule has 0 aliphatic heterocycles. The van der Waals surface area contributed by atoms with Crippen LogP contribution in [0.1, 0.15) is 31.2 Å². The third-order valence-electron chi connectivity index (χ3n) is 3.79. The average molecular weight is 343 g/mol. The number of rotatable bonds is 4. The summed E-state index contributed by atoms with van der Waals surface area (Å²) in [5.74, 6) is 0.222. The lowest BCUT2D eigenvalue weighted by atomic mass is 10.0. The second-order valence-corrected chi connectivity index (χ2v) is 5.85. The number of nitrogens with zero attached hydrogens (tertiary/aromatic N) is 2. The van der Waals surface area contributed by atoms with Gasteiger partial charge in [0.05, 0.1) is 15.6 Å². The quantitative estimate of drug-likeness (QED) is 0.621. The highest BCUT2D eigenvalue weighted by Gasteiger charge is 2.25. The monoisotopic (exact) mass is 342 g/mol. The Hall–Kier alpha value is -1.50. The van der Waals surface area contributed by atoms with Gasteiger partial charge >= 0.3 is 0 Å². The summed E-state index contributed by atoms with van der Waals surface area (Å²) in [5.41, 5.74) is -0.0547. The summed E-state index contributed by atoms with van der Waals surface area (Å²) in [5, 5.41) is 11.0. The van der Waals surface area contributed by atoms with Gasteiger partial charge in [-0.1, -0.05) is 0 Å². The molecule has 0 radical (unpaired) electrons. The number of hydrogen-bond donors (Lipinski definition) is 0. The zero-order valence-electron chi connectivity index (χ0n) is 11.1. The topological polar surface area (TPSA) is 82.2 Å². The Morgan fingerprint density at radius 1 is 1.50 bits per heavy atom. The highest BCUT2D eigenvalue weighted by Crippen LogP contribution is 2.26. The molecule has 1 aliphatic carbocycles. The summed E-state index contributed by atoms with van der Waals surface area (Å²) < 4.78 is 1.53. The summed E-state index contributed by atoms with van der Waals surface area (Å²) in [6, 6.07) is 0. The van der Waals surface area contributed by atoms with Gasteiger partial charge in [0.25, 0.3) is 11.2 Å². The molecule has 0 amide bonds. The van der Waals surface area contributed by atoms with Gasteiger partial charge in [0.1, 0.15) is 5.78 Å². The lowest BCUT2D eigenvalue weighted by molar-refractivity contribution is -0.386. The van der Waals surface area contributed by atoms with E-state index in [4.69, 9.17) is 0 Å². The normalized spacial score (nSPS) is 18.5. The van der Waals surface area contributed by atoms with Crippen molar-refractivity contribution < 1.29 is 9.72 Å². The van der Waals surface area contributed by atoms with E-state index in [1.165, 1.54) is 17.7 Å². The first-order valence-corrected chi connectivity index (χ1v) is 7.27. The van der Waals surface area contributed by atoms with Gasteiger partial charge in [0, 0.05) is 24.4 Å². The molecular formula is C13H15BrN2O4. The predicted octanol–water partition coefficient (Wildman–Crippen LogP) is 2.59. The van der Waals surface area contributed by atoms with Crippen LogP contribution in [0.25, 0.3) is 0 Å². The Kier molecular flexibility index (Phi) is 4.37. The number of ketones is 1. The van der Waals surface area contributed by atoms with Crippen molar-refractivity contribution in [3.63, 3.8) is 0 Å². The summed E-state index contributed by atoms with van der Waals surface area (Å²) >= 11 is 3.11. The third-order valence-corrected chi connectivity index (χ3v) is 4.72. The Labute approximate surface area is 124 Å². The van der Waals surface area contributed by atoms with Gasteiger partial charge in [-0.15, -0.1) is 0 Å². The van der Waals surface area contributed by atoms with E-state index in [1.54, 1.807) is 0 Å². The maximum atomic E-state index is 12.1. The molecule has 1 fully saturated rings. The van der Waals surface area contributed by atoms with Crippen molar-refractivity contribution in [2.45, 2.75) is 39.2 Å². The van der Waals surface area contributed by atoms with E-state index in [0.29, 0.717) is 24.9 Å². The lowest BCUT2D eigenvalue weighted by Gasteiger charge is -2.11. The van der Waals surface area contributed by atoms with Crippen LogP contribution in [0, 0.1) is 23.0 Å². The number of carbonyl (C=O) groups is 1. The van der Waals surface area contributed by atoms with Gasteiger partial charge in [-0.25, -0.2) is 0 Å². The molecule has 108 valence electrons. The fraction of sp³-hybridized carbons (Fsp3) is 0.538. The molecule has 1 atom stereocenters. The number of aromatic nitrogens is 1. The lowest BCUT2D eigenvalue weighted by Crippen LogP contribution is -2.24. The maximum Gasteiger partial charge on any atom is 0.289 e. The predicted molar refractivity (Wildman–Crippen MR) is 76.8 cm³/mol. The SMILES string of the molecule is Cc1c([N+](=O)[O-])cn(CCC2CCCC2=O)c(=O)c1Br. The third kappa shape index (κ3) is 2.82. The number of carbonyl (C=O) groups excluding carboxylic acids is 1. The first kappa shape index (κ1) is 14.9. The minimum absolute atomic E-state index is 0.0129. The molecule has 7 heteroatoms. The van der Waals surface area contributed by atoms with Crippen LogP contribution in [-0.4, -0.2) is 15.3 Å². The Bertz CT molecular complexity index is 624. The Morgan fingerprint density at radius 2 is 2.20 bits per heavy atom. The number of nitro groups is 1. The maximum absolute atomic E-state index is 12.1. The van der Waals surface area contributed by atoms with Crippen LogP contribution < -0.4 is 5.56 Å². The van der Waals surface area contributed by atoms with Gasteiger partial charge in [-0.2, -0.15) is 0 Å². The van der Waals surface area contributed by atoms with Crippen LogP contribution in [-0.2, 0) is 11.3 Å². The molecule has 1 unspecified atom stereocenters. The molecule has 2 rings (SSSR count). The van der Waals surface area contributed by atoms with Crippen molar-refractivity contribution in [3.8, 4) is 0 Å². The number of pyridine rings is 1. The van der Waals surface area contributed by atoms with Crippen molar-refractivity contribution in [1.29, 1.82) is 0 Å². The Balaban J connectivity index is 2.25. The van der Waals surface area contributed by atoms with Gasteiger partial charge < -0.3 is 4.57 Å². The summed E-state index contributed by atoms with van der Waals surface area (Å²) in [7, 11) is 0.